The third-order valence-corrected chi connectivity index (χ3v) is 1.87. The van der Waals surface area contributed by atoms with Crippen LogP contribution in [0.25, 0.3) is 11.0 Å². The van der Waals surface area contributed by atoms with Crippen LogP contribution in [-0.4, -0.2) is 26.3 Å². The Morgan fingerprint density at radius 3 is 3.08 bits per heavy atom. The molecule has 0 spiro atoms. The molecular weight excluding hydrogens is 190 g/mol. The number of halogens is 1. The summed E-state index contributed by atoms with van der Waals surface area (Å²) in [5.41, 5.74) is 6.14. The molecular formula is C7H8ClN5. The number of nitrogens with two attached hydrogens (primary N) is 1. The lowest BCUT2D eigenvalue weighted by atomic mass is 10.4. The zero-order valence-corrected chi connectivity index (χ0v) is 7.57. The molecule has 0 saturated carbocycles. The van der Waals surface area contributed by atoms with Gasteiger partial charge in [-0.2, -0.15) is 10.1 Å². The molecule has 2 aromatic heterocycles. The lowest BCUT2D eigenvalue weighted by molar-refractivity contribution is 0.640. The van der Waals surface area contributed by atoms with Gasteiger partial charge in [-0.3, -0.25) is 0 Å². The molecule has 68 valence electrons. The molecule has 0 atom stereocenters. The van der Waals surface area contributed by atoms with E-state index in [1.54, 1.807) is 17.1 Å². The molecule has 2 aromatic rings. The molecule has 0 aliphatic rings. The Bertz CT molecular complexity index is 424. The van der Waals surface area contributed by atoms with E-state index in [0.29, 0.717) is 13.1 Å². The molecule has 6 heteroatoms. The molecule has 2 rings (SSSR count). The van der Waals surface area contributed by atoms with Crippen LogP contribution in [0.5, 0.6) is 0 Å². The smallest absolute Gasteiger partial charge is 0.224 e. The fraction of sp³-hybridized carbons (Fsp3) is 0.286. The summed E-state index contributed by atoms with van der Waals surface area (Å²) in [5, 5.41) is 5.20. The van der Waals surface area contributed by atoms with Crippen LogP contribution in [0.15, 0.2) is 12.4 Å². The van der Waals surface area contributed by atoms with Gasteiger partial charge in [0, 0.05) is 12.7 Å². The zero-order valence-electron chi connectivity index (χ0n) is 6.81. The van der Waals surface area contributed by atoms with Crippen molar-refractivity contribution in [3.05, 3.63) is 17.7 Å². The van der Waals surface area contributed by atoms with Crippen molar-refractivity contribution in [3.63, 3.8) is 0 Å². The van der Waals surface area contributed by atoms with E-state index in [0.717, 1.165) is 11.0 Å². The third kappa shape index (κ3) is 1.48. The van der Waals surface area contributed by atoms with Crippen molar-refractivity contribution in [3.8, 4) is 0 Å². The highest BCUT2D eigenvalue weighted by molar-refractivity contribution is 6.28. The van der Waals surface area contributed by atoms with Crippen LogP contribution in [0.3, 0.4) is 0 Å². The predicted octanol–water partition coefficient (Wildman–Crippen LogP) is 0.438. The van der Waals surface area contributed by atoms with Crippen molar-refractivity contribution in [1.82, 2.24) is 19.7 Å². The molecule has 0 aliphatic carbocycles. The summed E-state index contributed by atoms with van der Waals surface area (Å²) in [5.74, 6) is 0. The zero-order chi connectivity index (χ0) is 9.26. The molecule has 0 unspecified atom stereocenters. The minimum absolute atomic E-state index is 0.228. The van der Waals surface area contributed by atoms with E-state index >= 15 is 0 Å². The maximum absolute atomic E-state index is 5.65. The number of hydrogen-bond acceptors (Lipinski definition) is 4. The van der Waals surface area contributed by atoms with E-state index in [2.05, 4.69) is 15.1 Å². The second kappa shape index (κ2) is 3.27. The fourth-order valence-electron chi connectivity index (χ4n) is 1.13. The first-order chi connectivity index (χ1) is 6.31. The first-order valence-electron chi connectivity index (χ1n) is 3.85. The molecule has 0 amide bonds. The quantitative estimate of drug-likeness (QED) is 0.710. The van der Waals surface area contributed by atoms with Crippen molar-refractivity contribution in [2.45, 2.75) is 6.54 Å². The molecule has 0 radical (unpaired) electrons. The SMILES string of the molecule is NCCn1ncc2cnc(Cl)nc21. The van der Waals surface area contributed by atoms with Gasteiger partial charge in [-0.05, 0) is 11.6 Å². The first-order valence-corrected chi connectivity index (χ1v) is 4.23. The van der Waals surface area contributed by atoms with Crippen molar-refractivity contribution in [1.29, 1.82) is 0 Å². The van der Waals surface area contributed by atoms with Crippen LogP contribution in [-0.2, 0) is 6.54 Å². The number of rotatable bonds is 2. The number of nitrogens with zero attached hydrogens (tertiary/aromatic N) is 4. The fourth-order valence-corrected chi connectivity index (χ4v) is 1.26. The Morgan fingerprint density at radius 1 is 1.46 bits per heavy atom. The normalized spacial score (nSPS) is 10.9. The number of hydrogen-bond donors (Lipinski definition) is 1. The van der Waals surface area contributed by atoms with Crippen LogP contribution in [0, 0.1) is 0 Å². The Hall–Kier alpha value is -1.20. The van der Waals surface area contributed by atoms with E-state index in [-0.39, 0.29) is 5.28 Å². The van der Waals surface area contributed by atoms with Gasteiger partial charge in [-0.1, -0.05) is 0 Å². The second-order valence-corrected chi connectivity index (χ2v) is 2.91. The summed E-state index contributed by atoms with van der Waals surface area (Å²) in [6.45, 7) is 1.16. The van der Waals surface area contributed by atoms with Gasteiger partial charge in [0.25, 0.3) is 0 Å². The van der Waals surface area contributed by atoms with Crippen LogP contribution >= 0.6 is 11.6 Å². The minimum Gasteiger partial charge on any atom is -0.329 e. The van der Waals surface area contributed by atoms with Gasteiger partial charge in [-0.25, -0.2) is 9.67 Å². The minimum atomic E-state index is 0.228. The van der Waals surface area contributed by atoms with Crippen LogP contribution in [0.4, 0.5) is 0 Å². The predicted molar refractivity (Wildman–Crippen MR) is 49.4 cm³/mol. The van der Waals surface area contributed by atoms with Crippen LogP contribution in [0.2, 0.25) is 5.28 Å². The monoisotopic (exact) mass is 197 g/mol. The topological polar surface area (TPSA) is 69.6 Å². The maximum atomic E-state index is 5.65. The Balaban J connectivity index is 2.58. The summed E-state index contributed by atoms with van der Waals surface area (Å²) in [4.78, 5) is 7.90. The lowest BCUT2D eigenvalue weighted by Crippen LogP contribution is -2.11. The van der Waals surface area contributed by atoms with Gasteiger partial charge in [0.15, 0.2) is 5.65 Å². The highest BCUT2D eigenvalue weighted by atomic mass is 35.5. The Morgan fingerprint density at radius 2 is 2.31 bits per heavy atom. The van der Waals surface area contributed by atoms with Crippen molar-refractivity contribution < 1.29 is 0 Å². The molecule has 5 nitrogen and oxygen atoms in total. The molecule has 0 aromatic carbocycles. The van der Waals surface area contributed by atoms with E-state index in [1.165, 1.54) is 0 Å². The van der Waals surface area contributed by atoms with E-state index < -0.39 is 0 Å². The molecule has 2 heterocycles. The van der Waals surface area contributed by atoms with E-state index in [9.17, 15) is 0 Å². The number of fused-ring (bicyclic) bond motifs is 1. The summed E-state index contributed by atoms with van der Waals surface area (Å²) < 4.78 is 1.71. The maximum Gasteiger partial charge on any atom is 0.224 e. The second-order valence-electron chi connectivity index (χ2n) is 2.57. The molecule has 0 saturated heterocycles. The number of aromatic nitrogens is 4. The molecule has 0 fully saturated rings. The highest BCUT2D eigenvalue weighted by Crippen LogP contribution is 2.11. The Kier molecular flexibility index (Phi) is 2.12. The van der Waals surface area contributed by atoms with Crippen molar-refractivity contribution >= 4 is 22.6 Å². The van der Waals surface area contributed by atoms with Gasteiger partial charge in [0.05, 0.1) is 18.1 Å². The standard InChI is InChI=1S/C7H8ClN5/c8-7-10-3-5-4-11-13(2-1-9)6(5)12-7/h3-4H,1-2,9H2. The first kappa shape index (κ1) is 8.40. The van der Waals surface area contributed by atoms with Gasteiger partial charge in [-0.15, -0.1) is 0 Å². The molecule has 13 heavy (non-hydrogen) atoms. The van der Waals surface area contributed by atoms with E-state index in [1.807, 2.05) is 0 Å². The van der Waals surface area contributed by atoms with Crippen molar-refractivity contribution in [2.24, 2.45) is 5.73 Å². The summed E-state index contributed by atoms with van der Waals surface area (Å²) >= 11 is 5.65. The average Bonchev–Trinajstić information content (AvgIpc) is 2.49. The molecule has 0 aliphatic heterocycles. The van der Waals surface area contributed by atoms with Gasteiger partial charge < -0.3 is 5.73 Å². The van der Waals surface area contributed by atoms with Crippen LogP contribution in [0.1, 0.15) is 0 Å². The third-order valence-electron chi connectivity index (χ3n) is 1.69. The van der Waals surface area contributed by atoms with Gasteiger partial charge in [0.1, 0.15) is 0 Å². The summed E-state index contributed by atoms with van der Waals surface area (Å²) in [7, 11) is 0. The van der Waals surface area contributed by atoms with E-state index in [4.69, 9.17) is 17.3 Å². The summed E-state index contributed by atoms with van der Waals surface area (Å²) in [6.07, 6.45) is 3.34. The largest absolute Gasteiger partial charge is 0.329 e. The van der Waals surface area contributed by atoms with Crippen LogP contribution < -0.4 is 5.73 Å². The van der Waals surface area contributed by atoms with Gasteiger partial charge >= 0.3 is 0 Å². The Labute approximate surface area is 79.5 Å². The lowest BCUT2D eigenvalue weighted by Gasteiger charge is -1.98. The highest BCUT2D eigenvalue weighted by Gasteiger charge is 2.03. The average molecular weight is 198 g/mol. The summed E-state index contributed by atoms with van der Waals surface area (Å²) in [6, 6.07) is 0. The molecule has 2 N–H and O–H groups in total. The van der Waals surface area contributed by atoms with Crippen molar-refractivity contribution in [2.75, 3.05) is 6.54 Å². The van der Waals surface area contributed by atoms with Gasteiger partial charge in [0.2, 0.25) is 5.28 Å². The molecule has 0 bridgehead atoms.